The van der Waals surface area contributed by atoms with E-state index in [1.807, 2.05) is 38.9 Å². The van der Waals surface area contributed by atoms with E-state index in [-0.39, 0.29) is 5.91 Å². The lowest BCUT2D eigenvalue weighted by Gasteiger charge is -2.10. The number of aromatic nitrogens is 2. The van der Waals surface area contributed by atoms with Crippen LogP contribution in [0, 0.1) is 13.8 Å². The average molecular weight is 279 g/mol. The second kappa shape index (κ2) is 8.47. The number of nitrogens with one attached hydrogen (secondary N) is 2. The molecule has 0 spiro atoms. The van der Waals surface area contributed by atoms with Gasteiger partial charge < -0.3 is 15.5 Å². The summed E-state index contributed by atoms with van der Waals surface area (Å²) in [7, 11) is 3.97. The van der Waals surface area contributed by atoms with Gasteiger partial charge >= 0.3 is 0 Å². The molecule has 0 saturated carbocycles. The molecule has 20 heavy (non-hydrogen) atoms. The van der Waals surface area contributed by atoms with Gasteiger partial charge in [0.2, 0.25) is 11.9 Å². The highest BCUT2D eigenvalue weighted by Gasteiger charge is 2.02. The van der Waals surface area contributed by atoms with Gasteiger partial charge in [0.15, 0.2) is 0 Å². The first-order chi connectivity index (χ1) is 9.47. The highest BCUT2D eigenvalue weighted by atomic mass is 16.1. The van der Waals surface area contributed by atoms with Crippen molar-refractivity contribution >= 4 is 11.9 Å². The molecule has 1 aromatic heterocycles. The number of carbonyl (C=O) groups excluding carboxylic acids is 1. The Hall–Kier alpha value is -1.69. The van der Waals surface area contributed by atoms with Crippen LogP contribution in [0.1, 0.15) is 24.2 Å². The van der Waals surface area contributed by atoms with E-state index in [2.05, 4.69) is 20.6 Å². The Morgan fingerprint density at radius 2 is 1.85 bits per heavy atom. The first-order valence-electron chi connectivity index (χ1n) is 6.95. The van der Waals surface area contributed by atoms with Crippen LogP contribution in [-0.4, -0.2) is 54.5 Å². The summed E-state index contributed by atoms with van der Waals surface area (Å²) >= 11 is 0. The number of hydrogen-bond acceptors (Lipinski definition) is 5. The molecule has 0 aliphatic heterocycles. The van der Waals surface area contributed by atoms with E-state index in [0.29, 0.717) is 25.5 Å². The average Bonchev–Trinajstić information content (AvgIpc) is 2.33. The fraction of sp³-hybridized carbons (Fsp3) is 0.643. The van der Waals surface area contributed by atoms with Crippen molar-refractivity contribution in [2.24, 2.45) is 0 Å². The van der Waals surface area contributed by atoms with Crippen LogP contribution >= 0.6 is 0 Å². The fourth-order valence-corrected chi connectivity index (χ4v) is 1.76. The molecule has 6 heteroatoms. The predicted octanol–water partition coefficient (Wildman–Crippen LogP) is 0.963. The molecular weight excluding hydrogens is 254 g/mol. The van der Waals surface area contributed by atoms with Crippen molar-refractivity contribution in [1.82, 2.24) is 20.2 Å². The van der Waals surface area contributed by atoms with Crippen molar-refractivity contribution in [3.63, 3.8) is 0 Å². The topological polar surface area (TPSA) is 70.2 Å². The number of likely N-dealkylation sites (N-methyl/N-ethyl adjacent to an activating group) is 1. The molecule has 6 nitrogen and oxygen atoms in total. The summed E-state index contributed by atoms with van der Waals surface area (Å²) in [6.07, 6.45) is 1.29. The van der Waals surface area contributed by atoms with Crippen LogP contribution in [0.3, 0.4) is 0 Å². The molecule has 0 fully saturated rings. The van der Waals surface area contributed by atoms with Gasteiger partial charge in [-0.25, -0.2) is 9.97 Å². The maximum absolute atomic E-state index is 11.6. The number of hydrogen-bond donors (Lipinski definition) is 2. The number of rotatable bonds is 8. The summed E-state index contributed by atoms with van der Waals surface area (Å²) < 4.78 is 0. The number of aryl methyl sites for hydroxylation is 2. The molecule has 1 amide bonds. The van der Waals surface area contributed by atoms with Crippen molar-refractivity contribution in [3.05, 3.63) is 17.5 Å². The number of carbonyl (C=O) groups is 1. The van der Waals surface area contributed by atoms with Gasteiger partial charge in [-0.2, -0.15) is 0 Å². The van der Waals surface area contributed by atoms with E-state index in [1.54, 1.807) is 0 Å². The van der Waals surface area contributed by atoms with Gasteiger partial charge in [0.1, 0.15) is 0 Å². The molecule has 0 aliphatic carbocycles. The zero-order valence-corrected chi connectivity index (χ0v) is 12.9. The lowest BCUT2D eigenvalue weighted by molar-refractivity contribution is -0.121. The molecule has 0 saturated heterocycles. The predicted molar refractivity (Wildman–Crippen MR) is 80.8 cm³/mol. The van der Waals surface area contributed by atoms with Crippen LogP contribution < -0.4 is 10.6 Å². The third kappa shape index (κ3) is 7.04. The Morgan fingerprint density at radius 3 is 2.45 bits per heavy atom. The van der Waals surface area contributed by atoms with Gasteiger partial charge in [-0.15, -0.1) is 0 Å². The molecule has 0 aromatic carbocycles. The standard InChI is InChI=1S/C14H25N5O/c1-11-10-12(2)18-14(17-11)16-7-5-6-13(20)15-8-9-19(3)4/h10H,5-9H2,1-4H3,(H,15,20)(H,16,17,18). The summed E-state index contributed by atoms with van der Waals surface area (Å²) in [5, 5.41) is 6.04. The minimum Gasteiger partial charge on any atom is -0.355 e. The molecule has 0 radical (unpaired) electrons. The van der Waals surface area contributed by atoms with E-state index in [4.69, 9.17) is 0 Å². The first-order valence-corrected chi connectivity index (χ1v) is 6.95. The minimum absolute atomic E-state index is 0.0926. The summed E-state index contributed by atoms with van der Waals surface area (Å²) in [5.41, 5.74) is 1.89. The molecule has 1 heterocycles. The van der Waals surface area contributed by atoms with Crippen molar-refractivity contribution in [2.45, 2.75) is 26.7 Å². The third-order valence-electron chi connectivity index (χ3n) is 2.73. The van der Waals surface area contributed by atoms with Crippen molar-refractivity contribution in [3.8, 4) is 0 Å². The molecule has 1 rings (SSSR count). The molecule has 0 atom stereocenters. The van der Waals surface area contributed by atoms with Crippen molar-refractivity contribution in [2.75, 3.05) is 39.0 Å². The molecule has 0 unspecified atom stereocenters. The van der Waals surface area contributed by atoms with E-state index < -0.39 is 0 Å². The van der Waals surface area contributed by atoms with Crippen LogP contribution in [0.2, 0.25) is 0 Å². The van der Waals surface area contributed by atoms with Crippen molar-refractivity contribution in [1.29, 1.82) is 0 Å². The lowest BCUT2D eigenvalue weighted by Crippen LogP contribution is -2.31. The van der Waals surface area contributed by atoms with Crippen LogP contribution in [0.4, 0.5) is 5.95 Å². The molecule has 0 bridgehead atoms. The fourth-order valence-electron chi connectivity index (χ4n) is 1.76. The van der Waals surface area contributed by atoms with Gasteiger partial charge in [-0.3, -0.25) is 4.79 Å². The smallest absolute Gasteiger partial charge is 0.223 e. The van der Waals surface area contributed by atoms with E-state index in [0.717, 1.165) is 24.4 Å². The van der Waals surface area contributed by atoms with Crippen LogP contribution in [0.25, 0.3) is 0 Å². The van der Waals surface area contributed by atoms with Gasteiger partial charge in [0.25, 0.3) is 0 Å². The Labute approximate surface area is 121 Å². The van der Waals surface area contributed by atoms with Crippen LogP contribution in [0.5, 0.6) is 0 Å². The van der Waals surface area contributed by atoms with Crippen LogP contribution in [-0.2, 0) is 4.79 Å². The summed E-state index contributed by atoms with van der Waals surface area (Å²) in [5.74, 6) is 0.727. The zero-order valence-electron chi connectivity index (χ0n) is 12.9. The Kier molecular flexibility index (Phi) is 6.93. The van der Waals surface area contributed by atoms with Crippen molar-refractivity contribution < 1.29 is 4.79 Å². The molecule has 0 aliphatic rings. The minimum atomic E-state index is 0.0926. The van der Waals surface area contributed by atoms with Gasteiger partial charge in [-0.1, -0.05) is 0 Å². The van der Waals surface area contributed by atoms with Gasteiger partial charge in [0, 0.05) is 37.4 Å². The monoisotopic (exact) mass is 279 g/mol. The third-order valence-corrected chi connectivity index (χ3v) is 2.73. The van der Waals surface area contributed by atoms with Crippen LogP contribution in [0.15, 0.2) is 6.07 Å². The largest absolute Gasteiger partial charge is 0.355 e. The number of anilines is 1. The summed E-state index contributed by atoms with van der Waals surface area (Å²) in [4.78, 5) is 22.2. The summed E-state index contributed by atoms with van der Waals surface area (Å²) in [6, 6.07) is 1.93. The molecule has 2 N–H and O–H groups in total. The van der Waals surface area contributed by atoms with Gasteiger partial charge in [-0.05, 0) is 40.4 Å². The second-order valence-corrected chi connectivity index (χ2v) is 5.16. The Bertz CT molecular complexity index is 413. The highest BCUT2D eigenvalue weighted by molar-refractivity contribution is 5.75. The van der Waals surface area contributed by atoms with Gasteiger partial charge in [0.05, 0.1) is 0 Å². The molecule has 1 aromatic rings. The number of amides is 1. The van der Waals surface area contributed by atoms with E-state index >= 15 is 0 Å². The Morgan fingerprint density at radius 1 is 1.20 bits per heavy atom. The quantitative estimate of drug-likeness (QED) is 0.694. The number of nitrogens with zero attached hydrogens (tertiary/aromatic N) is 3. The lowest BCUT2D eigenvalue weighted by atomic mass is 10.3. The maximum atomic E-state index is 11.6. The first kappa shape index (κ1) is 16.4. The zero-order chi connectivity index (χ0) is 15.0. The molecular formula is C14H25N5O. The maximum Gasteiger partial charge on any atom is 0.223 e. The SMILES string of the molecule is Cc1cc(C)nc(NCCCC(=O)NCCN(C)C)n1. The van der Waals surface area contributed by atoms with E-state index in [1.165, 1.54) is 0 Å². The summed E-state index contributed by atoms with van der Waals surface area (Å²) in [6.45, 7) is 6.14. The van der Waals surface area contributed by atoms with E-state index in [9.17, 15) is 4.79 Å². The second-order valence-electron chi connectivity index (χ2n) is 5.16. The Balaban J connectivity index is 2.16. The normalized spacial score (nSPS) is 10.7. The highest BCUT2D eigenvalue weighted by Crippen LogP contribution is 2.03. The molecule has 112 valence electrons.